The van der Waals surface area contributed by atoms with Crippen LogP contribution in [0.3, 0.4) is 0 Å². The molecule has 0 radical (unpaired) electrons. The van der Waals surface area contributed by atoms with E-state index in [1.54, 1.807) is 0 Å². The van der Waals surface area contributed by atoms with E-state index in [0.29, 0.717) is 5.84 Å². The SMILES string of the molecule is CC1C/C=C(\c2ccc3oc4ccccc4c3c2)N=C(c2ccc(-n3c4ccccc4c4cc5ccccc5cc43)c3oc4c5ccccc5ccc4c23)N=C1c1cccc(-c2ccccc2)c1. The lowest BCUT2D eigenvalue weighted by atomic mass is 9.91. The van der Waals surface area contributed by atoms with Crippen molar-refractivity contribution in [3.63, 3.8) is 0 Å². The molecule has 0 N–H and O–H groups in total. The van der Waals surface area contributed by atoms with Crippen molar-refractivity contribution in [3.05, 3.63) is 229 Å². The summed E-state index contributed by atoms with van der Waals surface area (Å²) in [5.74, 6) is 0.688. The largest absolute Gasteiger partial charge is 0.456 e. The van der Waals surface area contributed by atoms with E-state index in [1.165, 1.54) is 27.1 Å². The first kappa shape index (κ1) is 38.5. The Bertz CT molecular complexity index is 4310. The van der Waals surface area contributed by atoms with Crippen LogP contribution in [0.5, 0.6) is 0 Å². The summed E-state index contributed by atoms with van der Waals surface area (Å²) < 4.78 is 16.0. The van der Waals surface area contributed by atoms with E-state index in [9.17, 15) is 0 Å². The predicted molar refractivity (Wildman–Crippen MR) is 284 cm³/mol. The van der Waals surface area contributed by atoms with Crippen LogP contribution in [0, 0.1) is 5.92 Å². The quantitative estimate of drug-likeness (QED) is 0.173. The van der Waals surface area contributed by atoms with Gasteiger partial charge in [-0.15, -0.1) is 0 Å². The van der Waals surface area contributed by atoms with Crippen molar-refractivity contribution >= 4 is 104 Å². The summed E-state index contributed by atoms with van der Waals surface area (Å²) in [6, 6.07) is 73.3. The number of aromatic nitrogens is 1. The monoisotopic (exact) mass is 871 g/mol. The molecule has 10 aromatic carbocycles. The fourth-order valence-electron chi connectivity index (χ4n) is 10.7. The van der Waals surface area contributed by atoms with Crippen LogP contribution < -0.4 is 0 Å². The molecule has 68 heavy (non-hydrogen) atoms. The van der Waals surface area contributed by atoms with Crippen LogP contribution in [-0.2, 0) is 0 Å². The molecule has 5 heteroatoms. The second-order valence-corrected chi connectivity index (χ2v) is 18.1. The third-order valence-corrected chi connectivity index (χ3v) is 14.0. The van der Waals surface area contributed by atoms with Crippen molar-refractivity contribution < 1.29 is 8.83 Å². The van der Waals surface area contributed by atoms with E-state index in [4.69, 9.17) is 18.8 Å². The van der Waals surface area contributed by atoms with E-state index in [0.717, 1.165) is 111 Å². The maximum Gasteiger partial charge on any atom is 0.160 e. The van der Waals surface area contributed by atoms with Crippen molar-refractivity contribution in [1.29, 1.82) is 0 Å². The van der Waals surface area contributed by atoms with Gasteiger partial charge in [-0.2, -0.15) is 0 Å². The number of rotatable bonds is 5. The lowest BCUT2D eigenvalue weighted by Gasteiger charge is -2.19. The Hall–Kier alpha value is -8.80. The van der Waals surface area contributed by atoms with Crippen LogP contribution in [0.1, 0.15) is 30.0 Å². The Morgan fingerprint density at radius 2 is 1.16 bits per heavy atom. The van der Waals surface area contributed by atoms with Crippen molar-refractivity contribution in [2.75, 3.05) is 0 Å². The topological polar surface area (TPSA) is 55.9 Å². The first-order valence-corrected chi connectivity index (χ1v) is 23.4. The third-order valence-electron chi connectivity index (χ3n) is 14.0. The van der Waals surface area contributed by atoms with Gasteiger partial charge in [0.15, 0.2) is 11.4 Å². The number of allylic oxidation sites excluding steroid dienone is 1. The normalized spacial score (nSPS) is 15.4. The Morgan fingerprint density at radius 1 is 0.441 bits per heavy atom. The van der Waals surface area contributed by atoms with Crippen molar-refractivity contribution in [2.45, 2.75) is 13.3 Å². The maximum atomic E-state index is 7.33. The van der Waals surface area contributed by atoms with Gasteiger partial charge in [-0.3, -0.25) is 0 Å². The number of fused-ring (bicyclic) bond motifs is 12. The molecule has 1 aliphatic heterocycles. The fraction of sp³-hybridized carbons (Fsp3) is 0.0476. The molecule has 0 fully saturated rings. The molecule has 1 atom stereocenters. The average molecular weight is 872 g/mol. The molecule has 5 nitrogen and oxygen atoms in total. The number of hydrogen-bond donors (Lipinski definition) is 0. The number of aliphatic imine (C=N–C) groups is 2. The molecule has 0 spiro atoms. The van der Waals surface area contributed by atoms with Gasteiger partial charge in [-0.25, -0.2) is 9.98 Å². The lowest BCUT2D eigenvalue weighted by molar-refractivity contribution is 0.669. The highest BCUT2D eigenvalue weighted by molar-refractivity contribution is 6.27. The fourth-order valence-corrected chi connectivity index (χ4v) is 10.7. The molecule has 1 unspecified atom stereocenters. The highest BCUT2D eigenvalue weighted by Crippen LogP contribution is 2.43. The van der Waals surface area contributed by atoms with Crippen LogP contribution in [0.4, 0.5) is 0 Å². The smallest absolute Gasteiger partial charge is 0.160 e. The van der Waals surface area contributed by atoms with Gasteiger partial charge >= 0.3 is 0 Å². The zero-order valence-corrected chi connectivity index (χ0v) is 37.1. The number of amidine groups is 1. The highest BCUT2D eigenvalue weighted by atomic mass is 16.3. The summed E-state index contributed by atoms with van der Waals surface area (Å²) >= 11 is 0. The molecule has 0 aliphatic carbocycles. The minimum Gasteiger partial charge on any atom is -0.456 e. The minimum absolute atomic E-state index is 0.0623. The van der Waals surface area contributed by atoms with Gasteiger partial charge in [0.05, 0.1) is 28.1 Å². The summed E-state index contributed by atoms with van der Waals surface area (Å²) in [4.78, 5) is 11.4. The molecule has 0 saturated heterocycles. The summed E-state index contributed by atoms with van der Waals surface area (Å²) in [6.45, 7) is 2.28. The first-order valence-electron chi connectivity index (χ1n) is 23.4. The van der Waals surface area contributed by atoms with Gasteiger partial charge in [0.25, 0.3) is 0 Å². The standard InChI is InChI=1S/C63H41N3O2/c1-38-26-31-53(44-28-33-58-52(36-44)48-23-10-12-25-57(48)67-58)64-63(65-60(38)45-20-13-19-41(34-45)39-14-3-2-4-15-39)50-30-32-55(62-59(50)49-29-27-40-16-7-8-21-46(40)61(49)68-62)66-54-24-11-9-22-47(54)51-35-42-17-5-6-18-43(42)37-56(51)66/h2-25,27-38H,26H2,1H3/b53-31+,64-63?,65-60?. The van der Waals surface area contributed by atoms with E-state index < -0.39 is 0 Å². The number of para-hydroxylation sites is 2. The van der Waals surface area contributed by atoms with Crippen molar-refractivity contribution in [2.24, 2.45) is 15.9 Å². The molecule has 14 rings (SSSR count). The Kier molecular flexibility index (Phi) is 8.56. The number of furan rings is 2. The van der Waals surface area contributed by atoms with Crippen molar-refractivity contribution in [3.8, 4) is 16.8 Å². The first-order chi connectivity index (χ1) is 33.6. The average Bonchev–Trinajstić information content (AvgIpc) is 4.07. The molecule has 3 aromatic heterocycles. The van der Waals surface area contributed by atoms with E-state index in [1.807, 2.05) is 12.1 Å². The zero-order chi connectivity index (χ0) is 44.9. The molecular weight excluding hydrogens is 831 g/mol. The Labute approximate surface area is 391 Å². The molecular formula is C63H41N3O2. The molecule has 13 aromatic rings. The molecule has 0 saturated carbocycles. The van der Waals surface area contributed by atoms with Crippen LogP contribution in [0.25, 0.3) is 110 Å². The summed E-state index contributed by atoms with van der Waals surface area (Å²) in [5, 5.41) is 11.1. The van der Waals surface area contributed by atoms with Gasteiger partial charge in [0, 0.05) is 54.7 Å². The number of nitrogens with zero attached hydrogens (tertiary/aromatic N) is 3. The molecule has 0 bridgehead atoms. The third kappa shape index (κ3) is 6.02. The summed E-state index contributed by atoms with van der Waals surface area (Å²) in [6.07, 6.45) is 3.04. The Balaban J connectivity index is 1.06. The molecule has 1 aliphatic rings. The van der Waals surface area contributed by atoms with Gasteiger partial charge < -0.3 is 13.4 Å². The van der Waals surface area contributed by atoms with Crippen LogP contribution in [-0.4, -0.2) is 16.1 Å². The van der Waals surface area contributed by atoms with Gasteiger partial charge in [0.1, 0.15) is 16.7 Å². The molecule has 320 valence electrons. The minimum atomic E-state index is 0.0623. The Morgan fingerprint density at radius 3 is 2.04 bits per heavy atom. The second kappa shape index (κ2) is 15.1. The molecule has 0 amide bonds. The van der Waals surface area contributed by atoms with Crippen LogP contribution in [0.15, 0.2) is 231 Å². The van der Waals surface area contributed by atoms with E-state index >= 15 is 0 Å². The molecule has 4 heterocycles. The maximum absolute atomic E-state index is 7.33. The van der Waals surface area contributed by atoms with Crippen LogP contribution in [0.2, 0.25) is 0 Å². The van der Waals surface area contributed by atoms with Crippen molar-refractivity contribution in [1.82, 2.24) is 4.57 Å². The van der Waals surface area contributed by atoms with E-state index in [2.05, 4.69) is 212 Å². The zero-order valence-electron chi connectivity index (χ0n) is 37.1. The van der Waals surface area contributed by atoms with Gasteiger partial charge in [0.2, 0.25) is 0 Å². The van der Waals surface area contributed by atoms with E-state index in [-0.39, 0.29) is 5.92 Å². The summed E-state index contributed by atoms with van der Waals surface area (Å²) in [7, 11) is 0. The second-order valence-electron chi connectivity index (χ2n) is 18.1. The number of benzene rings is 10. The van der Waals surface area contributed by atoms with Gasteiger partial charge in [-0.05, 0) is 106 Å². The lowest BCUT2D eigenvalue weighted by Crippen LogP contribution is -2.17. The van der Waals surface area contributed by atoms with Gasteiger partial charge in [-0.1, -0.05) is 153 Å². The van der Waals surface area contributed by atoms with Crippen LogP contribution >= 0.6 is 0 Å². The number of hydrogen-bond acceptors (Lipinski definition) is 4. The highest BCUT2D eigenvalue weighted by Gasteiger charge is 2.26. The summed E-state index contributed by atoms with van der Waals surface area (Å²) in [5.41, 5.74) is 13.7. The predicted octanol–water partition coefficient (Wildman–Crippen LogP) is 16.9.